The summed E-state index contributed by atoms with van der Waals surface area (Å²) in [5.41, 5.74) is 1.55. The SMILES string of the molecule is Cc1ccc(Oc2nc(COCC(Cl)(Cl)Cl)ccc2F)cc1. The largest absolute Gasteiger partial charge is 0.436 e. The number of ether oxygens (including phenoxy) is 2. The topological polar surface area (TPSA) is 31.4 Å². The van der Waals surface area contributed by atoms with E-state index >= 15 is 0 Å². The minimum atomic E-state index is -1.50. The lowest BCUT2D eigenvalue weighted by Crippen LogP contribution is -2.13. The highest BCUT2D eigenvalue weighted by Gasteiger charge is 2.19. The van der Waals surface area contributed by atoms with E-state index in [9.17, 15) is 4.39 Å². The number of rotatable bonds is 5. The third-order valence-corrected chi connectivity index (χ3v) is 2.95. The molecule has 0 aliphatic carbocycles. The number of benzene rings is 1. The molecule has 0 aliphatic rings. The van der Waals surface area contributed by atoms with Gasteiger partial charge >= 0.3 is 0 Å². The minimum absolute atomic E-state index is 0.0818. The van der Waals surface area contributed by atoms with Crippen molar-refractivity contribution in [2.75, 3.05) is 6.61 Å². The van der Waals surface area contributed by atoms with Gasteiger partial charge in [0.2, 0.25) is 3.79 Å². The molecule has 0 unspecified atom stereocenters. The molecule has 0 fully saturated rings. The maximum atomic E-state index is 13.8. The molecule has 0 aliphatic heterocycles. The molecule has 0 bridgehead atoms. The van der Waals surface area contributed by atoms with Crippen molar-refractivity contribution in [2.45, 2.75) is 17.3 Å². The molecule has 2 rings (SSSR count). The molecule has 1 aromatic carbocycles. The first kappa shape index (κ1) is 17.3. The van der Waals surface area contributed by atoms with Crippen LogP contribution in [0, 0.1) is 12.7 Å². The van der Waals surface area contributed by atoms with Crippen LogP contribution in [0.4, 0.5) is 4.39 Å². The third-order valence-electron chi connectivity index (χ3n) is 2.62. The Labute approximate surface area is 142 Å². The first-order valence-electron chi connectivity index (χ1n) is 6.38. The van der Waals surface area contributed by atoms with Crippen LogP contribution in [0.2, 0.25) is 0 Å². The van der Waals surface area contributed by atoms with Crippen LogP contribution >= 0.6 is 34.8 Å². The van der Waals surface area contributed by atoms with Gasteiger partial charge in [-0.05, 0) is 31.2 Å². The van der Waals surface area contributed by atoms with E-state index in [1.807, 2.05) is 19.1 Å². The zero-order valence-electron chi connectivity index (χ0n) is 11.7. The van der Waals surface area contributed by atoms with E-state index in [4.69, 9.17) is 44.3 Å². The minimum Gasteiger partial charge on any atom is -0.436 e. The van der Waals surface area contributed by atoms with Crippen LogP contribution in [0.3, 0.4) is 0 Å². The van der Waals surface area contributed by atoms with Crippen molar-refractivity contribution in [3.8, 4) is 11.6 Å². The first-order chi connectivity index (χ1) is 10.3. The fourth-order valence-electron chi connectivity index (χ4n) is 1.60. The second-order valence-corrected chi connectivity index (χ2v) is 7.13. The maximum Gasteiger partial charge on any atom is 0.256 e. The molecule has 3 nitrogen and oxygen atoms in total. The smallest absolute Gasteiger partial charge is 0.256 e. The van der Waals surface area contributed by atoms with E-state index in [2.05, 4.69) is 4.98 Å². The van der Waals surface area contributed by atoms with E-state index in [1.165, 1.54) is 12.1 Å². The molecule has 1 heterocycles. The van der Waals surface area contributed by atoms with E-state index < -0.39 is 9.61 Å². The molecule has 0 amide bonds. The van der Waals surface area contributed by atoms with Gasteiger partial charge in [0.05, 0.1) is 18.9 Å². The van der Waals surface area contributed by atoms with E-state index in [1.54, 1.807) is 12.1 Å². The molecule has 7 heteroatoms. The highest BCUT2D eigenvalue weighted by Crippen LogP contribution is 2.27. The van der Waals surface area contributed by atoms with Gasteiger partial charge in [-0.3, -0.25) is 0 Å². The third kappa shape index (κ3) is 5.61. The Morgan fingerprint density at radius 2 is 1.77 bits per heavy atom. The van der Waals surface area contributed by atoms with Gasteiger partial charge in [-0.15, -0.1) is 0 Å². The fraction of sp³-hybridized carbons (Fsp3) is 0.267. The van der Waals surface area contributed by atoms with Gasteiger partial charge in [0, 0.05) is 0 Å². The number of aryl methyl sites for hydroxylation is 1. The summed E-state index contributed by atoms with van der Waals surface area (Å²) in [4.78, 5) is 4.06. The lowest BCUT2D eigenvalue weighted by Gasteiger charge is -2.12. The summed E-state index contributed by atoms with van der Waals surface area (Å²) in [5, 5.41) is 0. The summed E-state index contributed by atoms with van der Waals surface area (Å²) in [5.74, 6) is -0.194. The van der Waals surface area contributed by atoms with Crippen LogP contribution in [0.15, 0.2) is 36.4 Å². The van der Waals surface area contributed by atoms with Crippen LogP contribution in [0.1, 0.15) is 11.3 Å². The molecular formula is C15H13Cl3FNO2. The van der Waals surface area contributed by atoms with Gasteiger partial charge < -0.3 is 9.47 Å². The second-order valence-electron chi connectivity index (χ2n) is 4.61. The average molecular weight is 365 g/mol. The standard InChI is InChI=1S/C15H13Cl3FNO2/c1-10-2-5-12(6-3-10)22-14-13(19)7-4-11(20-14)8-21-9-15(16,17)18/h2-7H,8-9H2,1H3. The Kier molecular flexibility index (Phi) is 5.87. The van der Waals surface area contributed by atoms with Crippen LogP contribution in [0.5, 0.6) is 11.6 Å². The summed E-state index contributed by atoms with van der Waals surface area (Å²) in [6.45, 7) is 1.94. The van der Waals surface area contributed by atoms with Crippen LogP contribution in [-0.4, -0.2) is 15.4 Å². The Hall–Kier alpha value is -1.07. The van der Waals surface area contributed by atoms with E-state index in [0.717, 1.165) is 5.56 Å². The lowest BCUT2D eigenvalue weighted by molar-refractivity contribution is 0.122. The monoisotopic (exact) mass is 363 g/mol. The zero-order chi connectivity index (χ0) is 16.2. The van der Waals surface area contributed by atoms with Gasteiger partial charge in [-0.1, -0.05) is 52.5 Å². The van der Waals surface area contributed by atoms with Crippen molar-refractivity contribution in [2.24, 2.45) is 0 Å². The number of halogens is 4. The number of alkyl halides is 3. The molecule has 1 aromatic heterocycles. The molecule has 0 saturated carbocycles. The van der Waals surface area contributed by atoms with Gasteiger partial charge in [-0.25, -0.2) is 9.37 Å². The Morgan fingerprint density at radius 1 is 1.09 bits per heavy atom. The molecule has 118 valence electrons. The number of hydrogen-bond donors (Lipinski definition) is 0. The average Bonchev–Trinajstić information content (AvgIpc) is 2.43. The summed E-state index contributed by atoms with van der Waals surface area (Å²) >= 11 is 16.7. The van der Waals surface area contributed by atoms with Crippen LogP contribution in [-0.2, 0) is 11.3 Å². The predicted molar refractivity (Wildman–Crippen MR) is 85.4 cm³/mol. The molecule has 0 radical (unpaired) electrons. The highest BCUT2D eigenvalue weighted by molar-refractivity contribution is 6.67. The Morgan fingerprint density at radius 3 is 2.41 bits per heavy atom. The highest BCUT2D eigenvalue weighted by atomic mass is 35.6. The summed E-state index contributed by atoms with van der Waals surface area (Å²) in [6, 6.07) is 9.94. The number of nitrogens with zero attached hydrogens (tertiary/aromatic N) is 1. The zero-order valence-corrected chi connectivity index (χ0v) is 13.9. The van der Waals surface area contributed by atoms with Crippen molar-refractivity contribution in [1.29, 1.82) is 0 Å². The maximum absolute atomic E-state index is 13.8. The second kappa shape index (κ2) is 7.47. The molecular weight excluding hydrogens is 352 g/mol. The molecule has 0 N–H and O–H groups in total. The van der Waals surface area contributed by atoms with Crippen LogP contribution < -0.4 is 4.74 Å². The predicted octanol–water partition coefficient (Wildman–Crippen LogP) is 5.21. The van der Waals surface area contributed by atoms with Gasteiger partial charge in [0.1, 0.15) is 5.75 Å². The normalized spacial score (nSPS) is 11.5. The van der Waals surface area contributed by atoms with E-state index in [0.29, 0.717) is 11.4 Å². The molecule has 22 heavy (non-hydrogen) atoms. The Bertz CT molecular complexity index is 630. The molecule has 2 aromatic rings. The number of aromatic nitrogens is 1. The fourth-order valence-corrected chi connectivity index (χ4v) is 1.83. The number of pyridine rings is 1. The van der Waals surface area contributed by atoms with Gasteiger partial charge in [0.25, 0.3) is 5.88 Å². The van der Waals surface area contributed by atoms with Crippen LogP contribution in [0.25, 0.3) is 0 Å². The quantitative estimate of drug-likeness (QED) is 0.683. The van der Waals surface area contributed by atoms with Crippen molar-refractivity contribution in [3.63, 3.8) is 0 Å². The first-order valence-corrected chi connectivity index (χ1v) is 7.51. The summed E-state index contributed by atoms with van der Waals surface area (Å²) < 4.78 is 22.9. The van der Waals surface area contributed by atoms with Crippen molar-refractivity contribution in [1.82, 2.24) is 4.98 Å². The lowest BCUT2D eigenvalue weighted by atomic mass is 10.2. The van der Waals surface area contributed by atoms with Gasteiger partial charge in [-0.2, -0.15) is 0 Å². The number of hydrogen-bond acceptors (Lipinski definition) is 3. The summed E-state index contributed by atoms with van der Waals surface area (Å²) in [6.07, 6.45) is 0. The molecule has 0 saturated heterocycles. The van der Waals surface area contributed by atoms with Gasteiger partial charge in [0.15, 0.2) is 5.82 Å². The van der Waals surface area contributed by atoms with Crippen molar-refractivity contribution >= 4 is 34.8 Å². The van der Waals surface area contributed by atoms with Crippen molar-refractivity contribution in [3.05, 3.63) is 53.5 Å². The Balaban J connectivity index is 2.05. The van der Waals surface area contributed by atoms with Crippen molar-refractivity contribution < 1.29 is 13.9 Å². The molecule has 0 spiro atoms. The molecule has 0 atom stereocenters. The summed E-state index contributed by atoms with van der Waals surface area (Å²) in [7, 11) is 0. The van der Waals surface area contributed by atoms with E-state index in [-0.39, 0.29) is 19.1 Å².